The van der Waals surface area contributed by atoms with Crippen molar-refractivity contribution < 1.29 is 13.9 Å². The molecule has 0 heterocycles. The fraction of sp³-hybridized carbons (Fsp3) is 1.00. The van der Waals surface area contributed by atoms with E-state index in [4.69, 9.17) is 5.11 Å². The second kappa shape index (κ2) is 3.28. The molecule has 10 heavy (non-hydrogen) atoms. The van der Waals surface area contributed by atoms with Crippen LogP contribution < -0.4 is 0 Å². The van der Waals surface area contributed by atoms with Crippen molar-refractivity contribution in [1.82, 2.24) is 0 Å². The molecule has 0 aromatic rings. The number of aliphatic hydroxyl groups is 1. The van der Waals surface area contributed by atoms with Crippen LogP contribution >= 0.6 is 0 Å². The van der Waals surface area contributed by atoms with Crippen LogP contribution in [0.3, 0.4) is 0 Å². The van der Waals surface area contributed by atoms with Gasteiger partial charge in [-0.2, -0.15) is 0 Å². The summed E-state index contributed by atoms with van der Waals surface area (Å²) in [6, 6.07) is 0. The third kappa shape index (κ3) is 1.66. The summed E-state index contributed by atoms with van der Waals surface area (Å²) in [4.78, 5) is 0. The Morgan fingerprint density at radius 3 is 2.20 bits per heavy atom. The minimum Gasteiger partial charge on any atom is -0.393 e. The molecular formula is C7H12F2O. The van der Waals surface area contributed by atoms with Crippen LogP contribution in [0.4, 0.5) is 8.78 Å². The summed E-state index contributed by atoms with van der Waals surface area (Å²) in [5, 5.41) is 9.06. The van der Waals surface area contributed by atoms with Gasteiger partial charge >= 0.3 is 0 Å². The van der Waals surface area contributed by atoms with Gasteiger partial charge < -0.3 is 5.11 Å². The summed E-state index contributed by atoms with van der Waals surface area (Å²) < 4.78 is 24.0. The molecule has 0 aromatic carbocycles. The van der Waals surface area contributed by atoms with Gasteiger partial charge in [-0.1, -0.05) is 12.8 Å². The molecule has 60 valence electrons. The van der Waals surface area contributed by atoms with Gasteiger partial charge in [0.25, 0.3) is 0 Å². The zero-order chi connectivity index (χ0) is 7.56. The van der Waals surface area contributed by atoms with E-state index in [0.717, 1.165) is 12.8 Å². The molecule has 0 spiro atoms. The summed E-state index contributed by atoms with van der Waals surface area (Å²) in [5.41, 5.74) is 0. The Balaban J connectivity index is 2.40. The van der Waals surface area contributed by atoms with Gasteiger partial charge in [-0.15, -0.1) is 0 Å². The Bertz CT molecular complexity index is 106. The zero-order valence-electron chi connectivity index (χ0n) is 5.76. The van der Waals surface area contributed by atoms with E-state index >= 15 is 0 Å². The van der Waals surface area contributed by atoms with E-state index in [1.165, 1.54) is 0 Å². The molecule has 1 N–H and O–H groups in total. The lowest BCUT2D eigenvalue weighted by molar-refractivity contribution is -0.0301. The summed E-state index contributed by atoms with van der Waals surface area (Å²) >= 11 is 0. The summed E-state index contributed by atoms with van der Waals surface area (Å²) in [6.45, 7) is 0. The average Bonchev–Trinajstić information content (AvgIpc) is 1.88. The van der Waals surface area contributed by atoms with Gasteiger partial charge in [0, 0.05) is 5.92 Å². The quantitative estimate of drug-likeness (QED) is 0.604. The van der Waals surface area contributed by atoms with E-state index in [1.807, 2.05) is 0 Å². The number of alkyl halides is 2. The molecule has 0 saturated heterocycles. The molecule has 2 atom stereocenters. The molecule has 1 saturated carbocycles. The molecule has 0 radical (unpaired) electrons. The molecule has 1 aliphatic rings. The molecule has 0 amide bonds. The molecule has 3 heteroatoms. The number of rotatable bonds is 1. The van der Waals surface area contributed by atoms with Gasteiger partial charge in [0.1, 0.15) is 0 Å². The van der Waals surface area contributed by atoms with Crippen molar-refractivity contribution in [3.63, 3.8) is 0 Å². The summed E-state index contributed by atoms with van der Waals surface area (Å²) in [7, 11) is 0. The second-order valence-electron chi connectivity index (χ2n) is 2.85. The molecule has 0 bridgehead atoms. The first-order valence-electron chi connectivity index (χ1n) is 3.68. The average molecular weight is 150 g/mol. The van der Waals surface area contributed by atoms with Crippen LogP contribution in [0.5, 0.6) is 0 Å². The SMILES string of the molecule is O[C@@H]1CCCC[C@H]1C(F)F. The smallest absolute Gasteiger partial charge is 0.243 e. The highest BCUT2D eigenvalue weighted by Gasteiger charge is 2.30. The highest BCUT2D eigenvalue weighted by Crippen LogP contribution is 2.28. The van der Waals surface area contributed by atoms with Crippen molar-refractivity contribution in [3.8, 4) is 0 Å². The number of aliphatic hydroxyl groups excluding tert-OH is 1. The lowest BCUT2D eigenvalue weighted by atomic mass is 9.87. The normalized spacial score (nSPS) is 34.8. The Morgan fingerprint density at radius 1 is 1.20 bits per heavy atom. The standard InChI is InChI=1S/C7H12F2O/c8-7(9)5-3-1-2-4-6(5)10/h5-7,10H,1-4H2/t5-,6-/m1/s1. The molecule has 0 aromatic heterocycles. The molecule has 1 rings (SSSR count). The fourth-order valence-corrected chi connectivity index (χ4v) is 1.43. The Hall–Kier alpha value is -0.180. The first-order valence-corrected chi connectivity index (χ1v) is 3.68. The van der Waals surface area contributed by atoms with Crippen LogP contribution in [0, 0.1) is 5.92 Å². The maximum atomic E-state index is 12.0. The van der Waals surface area contributed by atoms with Gasteiger partial charge in [-0.05, 0) is 12.8 Å². The minimum atomic E-state index is -2.34. The monoisotopic (exact) mass is 150 g/mol. The molecule has 1 aliphatic carbocycles. The Labute approximate surface area is 59.0 Å². The fourth-order valence-electron chi connectivity index (χ4n) is 1.43. The van der Waals surface area contributed by atoms with E-state index in [1.54, 1.807) is 0 Å². The predicted octanol–water partition coefficient (Wildman–Crippen LogP) is 1.80. The highest BCUT2D eigenvalue weighted by atomic mass is 19.3. The van der Waals surface area contributed by atoms with E-state index in [-0.39, 0.29) is 0 Å². The van der Waals surface area contributed by atoms with Crippen molar-refractivity contribution in [2.75, 3.05) is 0 Å². The van der Waals surface area contributed by atoms with Crippen molar-refractivity contribution in [2.45, 2.75) is 38.2 Å². The third-order valence-corrected chi connectivity index (χ3v) is 2.11. The summed E-state index contributed by atoms with van der Waals surface area (Å²) in [6.07, 6.45) is -0.325. The Morgan fingerprint density at radius 2 is 1.80 bits per heavy atom. The van der Waals surface area contributed by atoms with E-state index in [0.29, 0.717) is 12.8 Å². The molecule has 1 nitrogen and oxygen atoms in total. The largest absolute Gasteiger partial charge is 0.393 e. The molecule has 0 aliphatic heterocycles. The second-order valence-corrected chi connectivity index (χ2v) is 2.85. The highest BCUT2D eigenvalue weighted by molar-refractivity contribution is 4.75. The lowest BCUT2D eigenvalue weighted by Crippen LogP contribution is -2.29. The van der Waals surface area contributed by atoms with Crippen molar-refractivity contribution in [2.24, 2.45) is 5.92 Å². The van der Waals surface area contributed by atoms with E-state index < -0.39 is 18.4 Å². The first kappa shape index (κ1) is 7.92. The maximum absolute atomic E-state index is 12.0. The molecule has 1 fully saturated rings. The predicted molar refractivity (Wildman–Crippen MR) is 34.0 cm³/mol. The molecule has 0 unspecified atom stereocenters. The van der Waals surface area contributed by atoms with Gasteiger partial charge in [0.15, 0.2) is 0 Å². The van der Waals surface area contributed by atoms with Gasteiger partial charge in [0.2, 0.25) is 6.43 Å². The van der Waals surface area contributed by atoms with E-state index in [9.17, 15) is 8.78 Å². The Kier molecular flexibility index (Phi) is 2.60. The van der Waals surface area contributed by atoms with Gasteiger partial charge in [0.05, 0.1) is 6.10 Å². The van der Waals surface area contributed by atoms with Crippen molar-refractivity contribution >= 4 is 0 Å². The van der Waals surface area contributed by atoms with Crippen LogP contribution in [0.25, 0.3) is 0 Å². The lowest BCUT2D eigenvalue weighted by Gasteiger charge is -2.26. The maximum Gasteiger partial charge on any atom is 0.243 e. The zero-order valence-corrected chi connectivity index (χ0v) is 5.76. The number of hydrogen-bond acceptors (Lipinski definition) is 1. The van der Waals surface area contributed by atoms with Crippen LogP contribution in [0.1, 0.15) is 25.7 Å². The van der Waals surface area contributed by atoms with Crippen LogP contribution in [-0.4, -0.2) is 17.6 Å². The third-order valence-electron chi connectivity index (χ3n) is 2.11. The minimum absolute atomic E-state index is 0.485. The number of halogens is 2. The summed E-state index contributed by atoms with van der Waals surface area (Å²) in [5.74, 6) is -0.756. The first-order chi connectivity index (χ1) is 4.72. The van der Waals surface area contributed by atoms with Crippen LogP contribution in [0.15, 0.2) is 0 Å². The van der Waals surface area contributed by atoms with Gasteiger partial charge in [-0.25, -0.2) is 8.78 Å². The topological polar surface area (TPSA) is 20.2 Å². The number of hydrogen-bond donors (Lipinski definition) is 1. The van der Waals surface area contributed by atoms with Gasteiger partial charge in [-0.3, -0.25) is 0 Å². The van der Waals surface area contributed by atoms with Crippen LogP contribution in [0.2, 0.25) is 0 Å². The van der Waals surface area contributed by atoms with E-state index in [2.05, 4.69) is 0 Å². The van der Waals surface area contributed by atoms with Crippen molar-refractivity contribution in [3.05, 3.63) is 0 Å². The van der Waals surface area contributed by atoms with Crippen molar-refractivity contribution in [1.29, 1.82) is 0 Å². The van der Waals surface area contributed by atoms with Crippen LogP contribution in [-0.2, 0) is 0 Å². The molecular weight excluding hydrogens is 138 g/mol.